The molecule has 1 N–H and O–H groups in total. The number of carbonyl (C=O) groups is 2. The number of aliphatic hydroxyl groups excluding tert-OH is 1. The molecule has 3 aromatic rings. The van der Waals surface area contributed by atoms with Gasteiger partial charge in [0, 0.05) is 5.56 Å². The average molecular weight is 423 g/mol. The van der Waals surface area contributed by atoms with Gasteiger partial charge in [-0.1, -0.05) is 0 Å². The van der Waals surface area contributed by atoms with Crippen LogP contribution >= 0.6 is 0 Å². The average Bonchev–Trinajstić information content (AvgIpc) is 3.50. The van der Waals surface area contributed by atoms with Crippen molar-refractivity contribution in [1.82, 2.24) is 4.90 Å². The number of amides is 1. The number of rotatable bonds is 7. The van der Waals surface area contributed by atoms with E-state index in [1.54, 1.807) is 43.3 Å². The monoisotopic (exact) mass is 423 g/mol. The van der Waals surface area contributed by atoms with Crippen molar-refractivity contribution in [1.29, 1.82) is 0 Å². The summed E-state index contributed by atoms with van der Waals surface area (Å²) in [6.45, 7) is 1.74. The molecule has 8 heteroatoms. The number of nitrogens with zero attached hydrogens (tertiary/aromatic N) is 1. The summed E-state index contributed by atoms with van der Waals surface area (Å²) in [5.41, 5.74) is 0.384. The normalized spacial score (nSPS) is 16.2. The molecule has 1 unspecified atom stereocenters. The van der Waals surface area contributed by atoms with Gasteiger partial charge in [0.2, 0.25) is 5.78 Å². The lowest BCUT2D eigenvalue weighted by atomic mass is 9.94. The van der Waals surface area contributed by atoms with Crippen LogP contribution in [0.1, 0.15) is 33.7 Å². The van der Waals surface area contributed by atoms with Crippen molar-refractivity contribution in [2.24, 2.45) is 0 Å². The molecule has 4 rings (SSSR count). The van der Waals surface area contributed by atoms with E-state index in [9.17, 15) is 14.7 Å². The SMILES string of the molecule is COc1ccc(OC)c(C2C(C(=O)c3ccc(C)o3)=C(O)C(=O)N2Cc2ccco2)c1. The maximum absolute atomic E-state index is 13.3. The van der Waals surface area contributed by atoms with Crippen molar-refractivity contribution >= 4 is 11.7 Å². The summed E-state index contributed by atoms with van der Waals surface area (Å²) in [5.74, 6) is 0.0749. The van der Waals surface area contributed by atoms with Crippen LogP contribution in [0.25, 0.3) is 0 Å². The molecular weight excluding hydrogens is 402 g/mol. The third-order valence-corrected chi connectivity index (χ3v) is 5.15. The highest BCUT2D eigenvalue weighted by molar-refractivity contribution is 6.15. The van der Waals surface area contributed by atoms with Crippen LogP contribution in [0.5, 0.6) is 11.5 Å². The van der Waals surface area contributed by atoms with Gasteiger partial charge >= 0.3 is 0 Å². The van der Waals surface area contributed by atoms with Crippen molar-refractivity contribution in [3.05, 3.63) is 82.9 Å². The summed E-state index contributed by atoms with van der Waals surface area (Å²) < 4.78 is 21.7. The van der Waals surface area contributed by atoms with E-state index in [1.807, 2.05) is 0 Å². The summed E-state index contributed by atoms with van der Waals surface area (Å²) >= 11 is 0. The number of aliphatic hydroxyl groups is 1. The molecule has 8 nitrogen and oxygen atoms in total. The van der Waals surface area contributed by atoms with Gasteiger partial charge in [-0.25, -0.2) is 0 Å². The molecule has 1 amide bonds. The molecular formula is C23H21NO7. The Balaban J connectivity index is 1.88. The van der Waals surface area contributed by atoms with Crippen molar-refractivity contribution in [3.8, 4) is 11.5 Å². The molecule has 0 saturated carbocycles. The second-order valence-corrected chi connectivity index (χ2v) is 7.02. The summed E-state index contributed by atoms with van der Waals surface area (Å²) in [7, 11) is 3.00. The highest BCUT2D eigenvalue weighted by Gasteiger charge is 2.46. The number of ketones is 1. The molecule has 1 aliphatic heterocycles. The summed E-state index contributed by atoms with van der Waals surface area (Å²) in [6, 6.07) is 10.7. The van der Waals surface area contributed by atoms with Crippen LogP contribution in [-0.2, 0) is 11.3 Å². The number of aryl methyl sites for hydroxylation is 1. The van der Waals surface area contributed by atoms with Gasteiger partial charge < -0.3 is 28.3 Å². The van der Waals surface area contributed by atoms with Crippen molar-refractivity contribution in [3.63, 3.8) is 0 Å². The smallest absolute Gasteiger partial charge is 0.290 e. The highest BCUT2D eigenvalue weighted by atomic mass is 16.5. The molecule has 1 aromatic carbocycles. The Morgan fingerprint density at radius 3 is 2.58 bits per heavy atom. The van der Waals surface area contributed by atoms with Crippen molar-refractivity contribution in [2.45, 2.75) is 19.5 Å². The van der Waals surface area contributed by atoms with Gasteiger partial charge in [-0.15, -0.1) is 0 Å². The first-order valence-corrected chi connectivity index (χ1v) is 9.54. The fourth-order valence-corrected chi connectivity index (χ4v) is 3.68. The number of carbonyl (C=O) groups excluding carboxylic acids is 2. The van der Waals surface area contributed by atoms with Crippen LogP contribution in [0, 0.1) is 6.92 Å². The zero-order chi connectivity index (χ0) is 22.1. The van der Waals surface area contributed by atoms with E-state index in [0.29, 0.717) is 28.6 Å². The van der Waals surface area contributed by atoms with E-state index in [1.165, 1.54) is 31.4 Å². The van der Waals surface area contributed by atoms with Crippen molar-refractivity contribution < 1.29 is 33.0 Å². The maximum atomic E-state index is 13.3. The first-order chi connectivity index (χ1) is 14.9. The number of hydrogen-bond donors (Lipinski definition) is 1. The first kappa shape index (κ1) is 20.3. The number of ether oxygens (including phenoxy) is 2. The fourth-order valence-electron chi connectivity index (χ4n) is 3.68. The van der Waals surface area contributed by atoms with Gasteiger partial charge in [-0.2, -0.15) is 0 Å². The van der Waals surface area contributed by atoms with E-state index in [4.69, 9.17) is 18.3 Å². The Kier molecular flexibility index (Phi) is 5.29. The van der Waals surface area contributed by atoms with Gasteiger partial charge in [0.25, 0.3) is 5.91 Å². The Hall–Kier alpha value is -3.94. The van der Waals surface area contributed by atoms with Gasteiger partial charge in [0.1, 0.15) is 23.0 Å². The van der Waals surface area contributed by atoms with Gasteiger partial charge in [0.05, 0.1) is 38.6 Å². The Morgan fingerprint density at radius 1 is 1.16 bits per heavy atom. The Labute approximate surface area is 178 Å². The lowest BCUT2D eigenvalue weighted by Gasteiger charge is -2.27. The molecule has 0 saturated heterocycles. The first-order valence-electron chi connectivity index (χ1n) is 9.54. The molecule has 3 heterocycles. The molecule has 0 spiro atoms. The van der Waals surface area contributed by atoms with Gasteiger partial charge in [-0.3, -0.25) is 9.59 Å². The van der Waals surface area contributed by atoms with Crippen LogP contribution < -0.4 is 9.47 Å². The van der Waals surface area contributed by atoms with Crippen LogP contribution in [0.15, 0.2) is 68.9 Å². The summed E-state index contributed by atoms with van der Waals surface area (Å²) in [6.07, 6.45) is 1.49. The molecule has 1 atom stereocenters. The number of methoxy groups -OCH3 is 2. The maximum Gasteiger partial charge on any atom is 0.290 e. The van der Waals surface area contributed by atoms with Crippen LogP contribution in [0.4, 0.5) is 0 Å². The molecule has 31 heavy (non-hydrogen) atoms. The molecule has 2 aromatic heterocycles. The standard InChI is InChI=1S/C23H21NO7/c1-13-6-8-18(31-13)21(25)19-20(16-11-14(28-2)7-9-17(16)29-3)24(23(27)22(19)26)12-15-5-4-10-30-15/h4-11,20,26H,12H2,1-3H3. The molecule has 0 fully saturated rings. The lowest BCUT2D eigenvalue weighted by Crippen LogP contribution is -2.30. The van der Waals surface area contributed by atoms with Crippen molar-refractivity contribution in [2.75, 3.05) is 14.2 Å². The molecule has 0 bridgehead atoms. The van der Waals surface area contributed by atoms with E-state index in [2.05, 4.69) is 0 Å². The predicted molar refractivity (Wildman–Crippen MR) is 109 cm³/mol. The number of Topliss-reactive ketones (excluding diaryl/α,β-unsaturated/α-hetero) is 1. The molecule has 0 radical (unpaired) electrons. The Bertz CT molecular complexity index is 1160. The summed E-state index contributed by atoms with van der Waals surface area (Å²) in [5, 5.41) is 10.7. The zero-order valence-electron chi connectivity index (χ0n) is 17.2. The molecule has 0 aliphatic carbocycles. The second kappa shape index (κ2) is 8.06. The van der Waals surface area contributed by atoms with E-state index in [0.717, 1.165) is 0 Å². The van der Waals surface area contributed by atoms with Gasteiger partial charge in [-0.05, 0) is 49.4 Å². The third kappa shape index (κ3) is 3.56. The minimum Gasteiger partial charge on any atom is -0.503 e. The topological polar surface area (TPSA) is 102 Å². The quantitative estimate of drug-likeness (QED) is 0.574. The lowest BCUT2D eigenvalue weighted by molar-refractivity contribution is -0.130. The minimum atomic E-state index is -0.944. The fraction of sp³-hybridized carbons (Fsp3) is 0.217. The number of benzene rings is 1. The summed E-state index contributed by atoms with van der Waals surface area (Å²) in [4.78, 5) is 27.7. The minimum absolute atomic E-state index is 0.0264. The largest absolute Gasteiger partial charge is 0.503 e. The molecule has 1 aliphatic rings. The van der Waals surface area contributed by atoms with Crippen LogP contribution in [0.3, 0.4) is 0 Å². The zero-order valence-corrected chi connectivity index (χ0v) is 17.2. The van der Waals surface area contributed by atoms with Gasteiger partial charge in [0.15, 0.2) is 11.5 Å². The Morgan fingerprint density at radius 2 is 1.97 bits per heavy atom. The number of furan rings is 2. The molecule has 160 valence electrons. The van der Waals surface area contributed by atoms with E-state index in [-0.39, 0.29) is 17.9 Å². The number of hydrogen-bond acceptors (Lipinski definition) is 7. The van der Waals surface area contributed by atoms with Crippen LogP contribution in [0.2, 0.25) is 0 Å². The predicted octanol–water partition coefficient (Wildman–Crippen LogP) is 3.98. The third-order valence-electron chi connectivity index (χ3n) is 5.15. The second-order valence-electron chi connectivity index (χ2n) is 7.02. The van der Waals surface area contributed by atoms with E-state index >= 15 is 0 Å². The van der Waals surface area contributed by atoms with Crippen LogP contribution in [-0.4, -0.2) is 35.9 Å². The van der Waals surface area contributed by atoms with E-state index < -0.39 is 23.5 Å². The highest BCUT2D eigenvalue weighted by Crippen LogP contribution is 2.44.